The normalized spacial score (nSPS) is 24.3. The van der Waals surface area contributed by atoms with E-state index in [0.717, 1.165) is 37.7 Å². The molecule has 154 valence electrons. The number of rotatable bonds is 6. The molecule has 1 saturated heterocycles. The molecule has 3 amide bonds. The number of nitrogens with zero attached hydrogens (tertiary/aromatic N) is 3. The van der Waals surface area contributed by atoms with Crippen molar-refractivity contribution in [2.45, 2.75) is 64.3 Å². The predicted molar refractivity (Wildman–Crippen MR) is 108 cm³/mol. The largest absolute Gasteiger partial charge is 0.339 e. The van der Waals surface area contributed by atoms with Crippen molar-refractivity contribution in [1.82, 2.24) is 20.4 Å². The smallest absolute Gasteiger partial charge is 0.324 e. The molecule has 2 aliphatic rings. The fourth-order valence-corrected chi connectivity index (χ4v) is 4.34. The molecule has 29 heavy (non-hydrogen) atoms. The second kappa shape index (κ2) is 8.35. The Kier molecular flexibility index (Phi) is 5.65. The highest BCUT2D eigenvalue weighted by molar-refractivity contribution is 5.98. The van der Waals surface area contributed by atoms with Gasteiger partial charge in [0.15, 0.2) is 0 Å². The molecular formula is C22H28N4O3. The zero-order valence-electron chi connectivity index (χ0n) is 17.1. The average Bonchev–Trinajstić information content (AvgIpc) is 3.21. The molecule has 2 heterocycles. The molecule has 1 saturated carbocycles. The molecule has 2 fully saturated rings. The van der Waals surface area contributed by atoms with Crippen molar-refractivity contribution in [2.75, 3.05) is 6.54 Å². The summed E-state index contributed by atoms with van der Waals surface area (Å²) in [5, 5.41) is 7.18. The molecule has 1 N–H and O–H groups in total. The fourth-order valence-electron chi connectivity index (χ4n) is 4.34. The molecule has 7 nitrogen and oxygen atoms in total. The standard InChI is InChI=1S/C22H28N4O3/c1-3-4-5-12-26-21(27)17-11-10-16(13-18(17)23-22(26)28)20-24-19(25-29-20)15-8-6-14(2)7-9-15/h6-9,16-18H,3-5,10-13H2,1-2H3,(H,23,28). The van der Waals surface area contributed by atoms with Crippen LogP contribution in [0, 0.1) is 12.8 Å². The van der Waals surface area contributed by atoms with Crippen molar-refractivity contribution < 1.29 is 14.1 Å². The lowest BCUT2D eigenvalue weighted by atomic mass is 9.76. The number of amides is 3. The number of hydrogen-bond donors (Lipinski definition) is 1. The second-order valence-corrected chi connectivity index (χ2v) is 8.19. The van der Waals surface area contributed by atoms with Crippen molar-refractivity contribution in [3.8, 4) is 11.4 Å². The molecule has 1 aromatic carbocycles. The van der Waals surface area contributed by atoms with E-state index in [1.165, 1.54) is 10.5 Å². The minimum Gasteiger partial charge on any atom is -0.339 e. The van der Waals surface area contributed by atoms with Gasteiger partial charge in [0.05, 0.1) is 5.92 Å². The van der Waals surface area contributed by atoms with Crippen LogP contribution in [0.5, 0.6) is 0 Å². The minimum atomic E-state index is -0.265. The van der Waals surface area contributed by atoms with Gasteiger partial charge in [-0.3, -0.25) is 9.69 Å². The van der Waals surface area contributed by atoms with Crippen LogP contribution in [0.2, 0.25) is 0 Å². The third kappa shape index (κ3) is 4.04. The molecule has 0 spiro atoms. The number of hydrogen-bond acceptors (Lipinski definition) is 5. The van der Waals surface area contributed by atoms with Crippen molar-refractivity contribution in [1.29, 1.82) is 0 Å². The van der Waals surface area contributed by atoms with Crippen molar-refractivity contribution in [3.63, 3.8) is 0 Å². The Balaban J connectivity index is 1.42. The van der Waals surface area contributed by atoms with Gasteiger partial charge in [0.1, 0.15) is 0 Å². The summed E-state index contributed by atoms with van der Waals surface area (Å²) in [5.41, 5.74) is 2.10. The van der Waals surface area contributed by atoms with Crippen LogP contribution < -0.4 is 5.32 Å². The summed E-state index contributed by atoms with van der Waals surface area (Å²) in [6, 6.07) is 7.57. The summed E-state index contributed by atoms with van der Waals surface area (Å²) in [4.78, 5) is 31.3. The Morgan fingerprint density at radius 2 is 1.97 bits per heavy atom. The molecule has 0 radical (unpaired) electrons. The lowest BCUT2D eigenvalue weighted by molar-refractivity contribution is -0.136. The number of aromatic nitrogens is 2. The van der Waals surface area contributed by atoms with Gasteiger partial charge in [0.25, 0.3) is 0 Å². The molecule has 2 aromatic rings. The number of urea groups is 1. The Labute approximate surface area is 170 Å². The predicted octanol–water partition coefficient (Wildman–Crippen LogP) is 4.04. The van der Waals surface area contributed by atoms with Gasteiger partial charge in [0, 0.05) is 24.1 Å². The quantitative estimate of drug-likeness (QED) is 0.745. The van der Waals surface area contributed by atoms with Gasteiger partial charge in [-0.1, -0.05) is 54.8 Å². The first-order valence-electron chi connectivity index (χ1n) is 10.6. The van der Waals surface area contributed by atoms with E-state index in [0.29, 0.717) is 24.7 Å². The Morgan fingerprint density at radius 3 is 2.72 bits per heavy atom. The van der Waals surface area contributed by atoms with Crippen LogP contribution in [0.4, 0.5) is 4.79 Å². The summed E-state index contributed by atoms with van der Waals surface area (Å²) >= 11 is 0. The number of fused-ring (bicyclic) bond motifs is 1. The zero-order valence-corrected chi connectivity index (χ0v) is 17.1. The third-order valence-corrected chi connectivity index (χ3v) is 6.07. The Hall–Kier alpha value is -2.70. The molecule has 3 atom stereocenters. The molecule has 4 rings (SSSR count). The lowest BCUT2D eigenvalue weighted by Crippen LogP contribution is -2.61. The van der Waals surface area contributed by atoms with Crippen molar-refractivity contribution >= 4 is 11.9 Å². The van der Waals surface area contributed by atoms with E-state index in [1.807, 2.05) is 31.2 Å². The van der Waals surface area contributed by atoms with Crippen LogP contribution in [0.15, 0.2) is 28.8 Å². The number of aryl methyl sites for hydroxylation is 1. The van der Waals surface area contributed by atoms with E-state index in [4.69, 9.17) is 4.52 Å². The van der Waals surface area contributed by atoms with Gasteiger partial charge in [-0.2, -0.15) is 4.98 Å². The first kappa shape index (κ1) is 19.6. The van der Waals surface area contributed by atoms with Gasteiger partial charge >= 0.3 is 6.03 Å². The van der Waals surface area contributed by atoms with E-state index >= 15 is 0 Å². The van der Waals surface area contributed by atoms with Gasteiger partial charge in [0.2, 0.25) is 17.6 Å². The van der Waals surface area contributed by atoms with Gasteiger partial charge in [-0.15, -0.1) is 0 Å². The summed E-state index contributed by atoms with van der Waals surface area (Å²) in [6.45, 7) is 4.65. The summed E-state index contributed by atoms with van der Waals surface area (Å²) in [7, 11) is 0. The van der Waals surface area contributed by atoms with Gasteiger partial charge in [-0.25, -0.2) is 4.79 Å². The van der Waals surface area contributed by atoms with E-state index < -0.39 is 0 Å². The third-order valence-electron chi connectivity index (χ3n) is 6.07. The molecule has 1 aromatic heterocycles. The number of unbranched alkanes of at least 4 members (excludes halogenated alkanes) is 2. The van der Waals surface area contributed by atoms with Gasteiger partial charge < -0.3 is 9.84 Å². The van der Waals surface area contributed by atoms with Crippen LogP contribution in [0.3, 0.4) is 0 Å². The second-order valence-electron chi connectivity index (χ2n) is 8.19. The maximum absolute atomic E-state index is 12.8. The molecule has 3 unspecified atom stereocenters. The molecule has 7 heteroatoms. The van der Waals surface area contributed by atoms with Crippen LogP contribution in [0.1, 0.15) is 62.8 Å². The average molecular weight is 396 g/mol. The molecular weight excluding hydrogens is 368 g/mol. The highest BCUT2D eigenvalue weighted by atomic mass is 16.5. The number of imide groups is 1. The lowest BCUT2D eigenvalue weighted by Gasteiger charge is -2.41. The maximum Gasteiger partial charge on any atom is 0.324 e. The van der Waals surface area contributed by atoms with Crippen molar-refractivity contribution in [2.24, 2.45) is 5.92 Å². The number of carbonyl (C=O) groups excluding carboxylic acids is 2. The van der Waals surface area contributed by atoms with Crippen LogP contribution >= 0.6 is 0 Å². The molecule has 0 bridgehead atoms. The van der Waals surface area contributed by atoms with E-state index in [1.54, 1.807) is 0 Å². The van der Waals surface area contributed by atoms with Crippen LogP contribution in [-0.4, -0.2) is 39.6 Å². The van der Waals surface area contributed by atoms with Gasteiger partial charge in [-0.05, 0) is 32.6 Å². The van der Waals surface area contributed by atoms with E-state index in [2.05, 4.69) is 22.4 Å². The van der Waals surface area contributed by atoms with Crippen LogP contribution in [-0.2, 0) is 4.79 Å². The fraction of sp³-hybridized carbons (Fsp3) is 0.545. The SMILES string of the molecule is CCCCCN1C(=O)NC2CC(c3nc(-c4ccc(C)cc4)no3)CCC2C1=O. The zero-order chi connectivity index (χ0) is 20.4. The highest BCUT2D eigenvalue weighted by Crippen LogP contribution is 2.38. The first-order valence-corrected chi connectivity index (χ1v) is 10.6. The van der Waals surface area contributed by atoms with Crippen LogP contribution in [0.25, 0.3) is 11.4 Å². The minimum absolute atomic E-state index is 0.0285. The Bertz CT molecular complexity index is 876. The topological polar surface area (TPSA) is 88.3 Å². The van der Waals surface area contributed by atoms with E-state index in [9.17, 15) is 9.59 Å². The molecule has 1 aliphatic heterocycles. The van der Waals surface area contributed by atoms with E-state index in [-0.39, 0.29) is 29.8 Å². The number of nitrogens with one attached hydrogen (secondary N) is 1. The number of benzene rings is 1. The Morgan fingerprint density at radius 1 is 1.17 bits per heavy atom. The monoisotopic (exact) mass is 396 g/mol. The number of carbonyl (C=O) groups is 2. The summed E-state index contributed by atoms with van der Waals surface area (Å²) in [6.07, 6.45) is 5.13. The highest BCUT2D eigenvalue weighted by Gasteiger charge is 2.45. The molecule has 1 aliphatic carbocycles. The van der Waals surface area contributed by atoms with Crippen molar-refractivity contribution in [3.05, 3.63) is 35.7 Å². The maximum atomic E-state index is 12.8. The first-order chi connectivity index (χ1) is 14.1. The summed E-state index contributed by atoms with van der Waals surface area (Å²) < 4.78 is 5.54. The summed E-state index contributed by atoms with van der Waals surface area (Å²) in [5.74, 6) is 1.05.